The average Bonchev–Trinajstić information content (AvgIpc) is 2.78. The summed E-state index contributed by atoms with van der Waals surface area (Å²) < 4.78 is 24.4. The Hall–Kier alpha value is -3.07. The summed E-state index contributed by atoms with van der Waals surface area (Å²) >= 11 is 0. The lowest BCUT2D eigenvalue weighted by Gasteiger charge is -2.29. The van der Waals surface area contributed by atoms with Crippen LogP contribution in [0, 0.1) is 5.82 Å². The van der Waals surface area contributed by atoms with Crippen molar-refractivity contribution in [3.63, 3.8) is 0 Å². The molecule has 1 aromatic heterocycles. The first-order chi connectivity index (χ1) is 15.3. The molecule has 0 aliphatic carbocycles. The number of benzene rings is 1. The third-order valence-corrected chi connectivity index (χ3v) is 5.69. The molecule has 1 amide bonds. The molecule has 9 heteroatoms. The molecule has 2 unspecified atom stereocenters. The number of carbonyl (C=O) groups is 2. The van der Waals surface area contributed by atoms with Crippen LogP contribution in [0.2, 0.25) is 0 Å². The Morgan fingerprint density at radius 2 is 1.72 bits per heavy atom. The van der Waals surface area contributed by atoms with Crippen LogP contribution in [0.1, 0.15) is 44.1 Å². The second kappa shape index (κ2) is 10.5. The summed E-state index contributed by atoms with van der Waals surface area (Å²) in [5, 5.41) is 11.0. The molecule has 1 N–H and O–H groups in total. The number of nitrogens with zero attached hydrogens (tertiary/aromatic N) is 3. The highest BCUT2D eigenvalue weighted by Crippen LogP contribution is 2.42. The maximum absolute atomic E-state index is 13.2. The predicted molar refractivity (Wildman–Crippen MR) is 115 cm³/mol. The van der Waals surface area contributed by atoms with Gasteiger partial charge in [-0.05, 0) is 31.4 Å². The number of rotatable bonds is 4. The zero-order chi connectivity index (χ0) is 23.3. The molecule has 2 aromatic rings. The van der Waals surface area contributed by atoms with Crippen molar-refractivity contribution in [2.45, 2.75) is 44.6 Å². The first kappa shape index (κ1) is 23.6. The Balaban J connectivity index is 2.00. The van der Waals surface area contributed by atoms with Crippen LogP contribution in [0.15, 0.2) is 24.5 Å². The summed E-state index contributed by atoms with van der Waals surface area (Å²) in [5.74, 6) is -0.595. The standard InChI is InChI=1S/C23H28FN3O5/c1-14(28)27-8-4-6-17(29)21(18(30)7-5-9-27)22-19(31-2)10-15(11-20(22)32-3)23-25-12-16(24)13-26-23/h10-13,17,21,29H,4-9H2,1-3H3. The van der Waals surface area contributed by atoms with E-state index in [-0.39, 0.29) is 23.9 Å². The van der Waals surface area contributed by atoms with Crippen LogP contribution in [0.25, 0.3) is 11.4 Å². The molecule has 1 fully saturated rings. The van der Waals surface area contributed by atoms with Crippen molar-refractivity contribution in [2.75, 3.05) is 27.3 Å². The minimum absolute atomic E-state index is 0.0361. The zero-order valence-electron chi connectivity index (χ0n) is 18.5. The van der Waals surface area contributed by atoms with Crippen molar-refractivity contribution in [3.8, 4) is 22.9 Å². The van der Waals surface area contributed by atoms with Gasteiger partial charge in [-0.3, -0.25) is 9.59 Å². The summed E-state index contributed by atoms with van der Waals surface area (Å²) in [6.45, 7) is 2.54. The van der Waals surface area contributed by atoms with Crippen LogP contribution in [0.5, 0.6) is 11.5 Å². The molecule has 8 nitrogen and oxygen atoms in total. The molecule has 1 saturated heterocycles. The molecule has 0 bridgehead atoms. The van der Waals surface area contributed by atoms with E-state index < -0.39 is 17.8 Å². The van der Waals surface area contributed by atoms with Gasteiger partial charge < -0.3 is 19.5 Å². The molecule has 2 heterocycles. The first-order valence-corrected chi connectivity index (χ1v) is 10.6. The van der Waals surface area contributed by atoms with E-state index >= 15 is 0 Å². The summed E-state index contributed by atoms with van der Waals surface area (Å²) in [4.78, 5) is 34.7. The van der Waals surface area contributed by atoms with E-state index in [1.165, 1.54) is 21.1 Å². The molecule has 2 atom stereocenters. The molecule has 0 spiro atoms. The largest absolute Gasteiger partial charge is 0.496 e. The summed E-state index contributed by atoms with van der Waals surface area (Å²) in [5.41, 5.74) is 0.990. The molecule has 1 aliphatic heterocycles. The van der Waals surface area contributed by atoms with Crippen LogP contribution in [-0.4, -0.2) is 65.1 Å². The number of halogens is 1. The number of carbonyl (C=O) groups excluding carboxylic acids is 2. The zero-order valence-corrected chi connectivity index (χ0v) is 18.5. The highest BCUT2D eigenvalue weighted by Gasteiger charge is 2.34. The van der Waals surface area contributed by atoms with Crippen molar-refractivity contribution < 1.29 is 28.6 Å². The first-order valence-electron chi connectivity index (χ1n) is 10.6. The van der Waals surface area contributed by atoms with Crippen LogP contribution >= 0.6 is 0 Å². The summed E-state index contributed by atoms with van der Waals surface area (Å²) in [7, 11) is 2.94. The number of aliphatic hydroxyl groups excluding tert-OH is 1. The lowest BCUT2D eigenvalue weighted by Crippen LogP contribution is -2.35. The Kier molecular flexibility index (Phi) is 7.74. The van der Waals surface area contributed by atoms with Crippen molar-refractivity contribution in [3.05, 3.63) is 35.9 Å². The maximum atomic E-state index is 13.2. The van der Waals surface area contributed by atoms with E-state index in [0.717, 1.165) is 12.4 Å². The van der Waals surface area contributed by atoms with Gasteiger partial charge in [0.15, 0.2) is 11.6 Å². The van der Waals surface area contributed by atoms with Gasteiger partial charge >= 0.3 is 0 Å². The molecule has 32 heavy (non-hydrogen) atoms. The summed E-state index contributed by atoms with van der Waals surface area (Å²) in [6.07, 6.45) is 2.79. The number of Topliss-reactive ketones (excluding diaryl/α,β-unsaturated/α-hetero) is 1. The van der Waals surface area contributed by atoms with Crippen LogP contribution in [0.4, 0.5) is 4.39 Å². The Morgan fingerprint density at radius 3 is 2.28 bits per heavy atom. The minimum Gasteiger partial charge on any atom is -0.496 e. The van der Waals surface area contributed by atoms with Crippen molar-refractivity contribution in [1.82, 2.24) is 14.9 Å². The second-order valence-corrected chi connectivity index (χ2v) is 7.78. The molecule has 3 rings (SSSR count). The Morgan fingerprint density at radius 1 is 1.12 bits per heavy atom. The molecular formula is C23H28FN3O5. The molecule has 1 aromatic carbocycles. The highest BCUT2D eigenvalue weighted by atomic mass is 19.1. The van der Waals surface area contributed by atoms with Gasteiger partial charge in [-0.1, -0.05) is 0 Å². The molecule has 0 radical (unpaired) electrons. The third kappa shape index (κ3) is 5.21. The van der Waals surface area contributed by atoms with Crippen molar-refractivity contribution in [1.29, 1.82) is 0 Å². The van der Waals surface area contributed by atoms with E-state index in [1.54, 1.807) is 17.0 Å². The van der Waals surface area contributed by atoms with Gasteiger partial charge in [0, 0.05) is 37.6 Å². The van der Waals surface area contributed by atoms with E-state index in [1.807, 2.05) is 0 Å². The topological polar surface area (TPSA) is 102 Å². The van der Waals surface area contributed by atoms with Crippen molar-refractivity contribution >= 4 is 11.7 Å². The minimum atomic E-state index is -0.967. The summed E-state index contributed by atoms with van der Waals surface area (Å²) in [6, 6.07) is 3.31. The van der Waals surface area contributed by atoms with Gasteiger partial charge in [0.1, 0.15) is 17.3 Å². The molecule has 1 aliphatic rings. The number of hydrogen-bond acceptors (Lipinski definition) is 7. The van der Waals surface area contributed by atoms with E-state index in [4.69, 9.17) is 9.47 Å². The molecular weight excluding hydrogens is 417 g/mol. The van der Waals surface area contributed by atoms with Gasteiger partial charge in [-0.25, -0.2) is 14.4 Å². The smallest absolute Gasteiger partial charge is 0.219 e. The SMILES string of the molecule is COc1cc(-c2ncc(F)cn2)cc(OC)c1C1C(=O)CCCN(C(C)=O)CCCC1O. The third-order valence-electron chi connectivity index (χ3n) is 5.69. The Bertz CT molecular complexity index is 942. The highest BCUT2D eigenvalue weighted by molar-refractivity contribution is 5.88. The molecule has 172 valence electrons. The lowest BCUT2D eigenvalue weighted by molar-refractivity contribution is -0.130. The number of hydrogen-bond donors (Lipinski definition) is 1. The van der Waals surface area contributed by atoms with Crippen LogP contribution in [-0.2, 0) is 9.59 Å². The molecule has 0 saturated carbocycles. The number of ether oxygens (including phenoxy) is 2. The lowest BCUT2D eigenvalue weighted by atomic mass is 9.83. The number of aromatic nitrogens is 2. The normalized spacial score (nSPS) is 20.0. The van der Waals surface area contributed by atoms with Gasteiger partial charge in [0.2, 0.25) is 5.91 Å². The van der Waals surface area contributed by atoms with Crippen LogP contribution < -0.4 is 9.47 Å². The van der Waals surface area contributed by atoms with Crippen molar-refractivity contribution in [2.24, 2.45) is 0 Å². The fourth-order valence-corrected chi connectivity index (χ4v) is 4.09. The number of ketones is 1. The fraction of sp³-hybridized carbons (Fsp3) is 0.478. The van der Waals surface area contributed by atoms with Gasteiger partial charge in [0.05, 0.1) is 38.6 Å². The number of aliphatic hydroxyl groups is 1. The second-order valence-electron chi connectivity index (χ2n) is 7.78. The van der Waals surface area contributed by atoms with E-state index in [0.29, 0.717) is 55.0 Å². The van der Waals surface area contributed by atoms with E-state index in [2.05, 4.69) is 9.97 Å². The number of amides is 1. The van der Waals surface area contributed by atoms with Gasteiger partial charge in [-0.2, -0.15) is 0 Å². The fourth-order valence-electron chi connectivity index (χ4n) is 4.09. The van der Waals surface area contributed by atoms with Gasteiger partial charge in [-0.15, -0.1) is 0 Å². The quantitative estimate of drug-likeness (QED) is 0.772. The maximum Gasteiger partial charge on any atom is 0.219 e. The number of methoxy groups -OCH3 is 2. The van der Waals surface area contributed by atoms with Gasteiger partial charge in [0.25, 0.3) is 0 Å². The Labute approximate surface area is 186 Å². The van der Waals surface area contributed by atoms with E-state index in [9.17, 15) is 19.1 Å². The average molecular weight is 445 g/mol. The van der Waals surface area contributed by atoms with Crippen LogP contribution in [0.3, 0.4) is 0 Å². The monoisotopic (exact) mass is 445 g/mol. The predicted octanol–water partition coefficient (Wildman–Crippen LogP) is 2.74.